The van der Waals surface area contributed by atoms with Gasteiger partial charge in [-0.2, -0.15) is 5.10 Å². The zero-order valence-corrected chi connectivity index (χ0v) is 12.7. The first-order valence-corrected chi connectivity index (χ1v) is 6.93. The first-order valence-electron chi connectivity index (χ1n) is 5.85. The van der Waals surface area contributed by atoms with Gasteiger partial charge in [0, 0.05) is 12.6 Å². The molecular formula is C12H21IN2O. The van der Waals surface area contributed by atoms with E-state index in [1.54, 1.807) is 0 Å². The van der Waals surface area contributed by atoms with Gasteiger partial charge in [0.05, 0.1) is 22.1 Å². The second-order valence-electron chi connectivity index (χ2n) is 4.55. The highest BCUT2D eigenvalue weighted by Crippen LogP contribution is 2.19. The fraction of sp³-hybridized carbons (Fsp3) is 0.750. The fourth-order valence-electron chi connectivity index (χ4n) is 1.45. The monoisotopic (exact) mass is 336 g/mol. The molecule has 0 radical (unpaired) electrons. The molecule has 1 heterocycles. The van der Waals surface area contributed by atoms with E-state index in [1.165, 1.54) is 9.26 Å². The van der Waals surface area contributed by atoms with Crippen LogP contribution in [0.5, 0.6) is 0 Å². The average Bonchev–Trinajstić information content (AvgIpc) is 2.59. The first-order chi connectivity index (χ1) is 7.56. The van der Waals surface area contributed by atoms with Crippen molar-refractivity contribution in [2.45, 2.75) is 46.8 Å². The molecule has 4 heteroatoms. The maximum Gasteiger partial charge on any atom is 0.0895 e. The summed E-state index contributed by atoms with van der Waals surface area (Å²) in [6.45, 7) is 10.2. The molecule has 0 aliphatic rings. The van der Waals surface area contributed by atoms with Crippen molar-refractivity contribution < 1.29 is 4.74 Å². The van der Waals surface area contributed by atoms with Crippen molar-refractivity contribution in [3.63, 3.8) is 0 Å². The molecule has 0 amide bonds. The van der Waals surface area contributed by atoms with Gasteiger partial charge in [-0.1, -0.05) is 20.8 Å². The number of ether oxygens (including phenoxy) is 1. The van der Waals surface area contributed by atoms with Gasteiger partial charge in [0.15, 0.2) is 0 Å². The van der Waals surface area contributed by atoms with E-state index in [0.29, 0.717) is 18.6 Å². The number of hydrogen-bond donors (Lipinski definition) is 0. The summed E-state index contributed by atoms with van der Waals surface area (Å²) < 4.78 is 8.97. The van der Waals surface area contributed by atoms with Crippen LogP contribution in [0.3, 0.4) is 0 Å². The topological polar surface area (TPSA) is 27.1 Å². The minimum Gasteiger partial charge on any atom is -0.375 e. The molecule has 0 aromatic carbocycles. The molecule has 0 N–H and O–H groups in total. The maximum atomic E-state index is 5.69. The second-order valence-corrected chi connectivity index (χ2v) is 5.71. The molecule has 1 rings (SSSR count). The second kappa shape index (κ2) is 6.59. The lowest BCUT2D eigenvalue weighted by Crippen LogP contribution is -2.12. The van der Waals surface area contributed by atoms with Gasteiger partial charge in [-0.3, -0.25) is 4.68 Å². The van der Waals surface area contributed by atoms with Crippen LogP contribution in [-0.4, -0.2) is 16.4 Å². The first kappa shape index (κ1) is 14.0. The van der Waals surface area contributed by atoms with E-state index in [0.717, 1.165) is 13.0 Å². The predicted molar refractivity (Wildman–Crippen MR) is 74.4 cm³/mol. The van der Waals surface area contributed by atoms with Crippen LogP contribution in [-0.2, 0) is 11.3 Å². The van der Waals surface area contributed by atoms with Gasteiger partial charge in [-0.05, 0) is 41.9 Å². The SMILES string of the molecule is CC[C@@H](C)n1ncc(I)c1COCC(C)C. The Balaban J connectivity index is 2.66. The summed E-state index contributed by atoms with van der Waals surface area (Å²) in [6.07, 6.45) is 3.01. The predicted octanol–water partition coefficient (Wildman–Crippen LogP) is 3.63. The smallest absolute Gasteiger partial charge is 0.0895 e. The standard InChI is InChI=1S/C12H21IN2O/c1-5-10(4)15-12(11(13)6-14-15)8-16-7-9(2)3/h6,9-10H,5,7-8H2,1-4H3/t10-/m1/s1. The number of hydrogen-bond acceptors (Lipinski definition) is 2. The van der Waals surface area contributed by atoms with E-state index in [1.807, 2.05) is 6.20 Å². The Kier molecular flexibility index (Phi) is 5.75. The molecule has 0 bridgehead atoms. The van der Waals surface area contributed by atoms with Crippen molar-refractivity contribution in [2.75, 3.05) is 6.61 Å². The van der Waals surface area contributed by atoms with Crippen LogP contribution in [0.4, 0.5) is 0 Å². The van der Waals surface area contributed by atoms with E-state index in [9.17, 15) is 0 Å². The summed E-state index contributed by atoms with van der Waals surface area (Å²) in [6, 6.07) is 0.446. The third-order valence-corrected chi connectivity index (χ3v) is 3.45. The molecule has 1 aromatic heterocycles. The van der Waals surface area contributed by atoms with Crippen LogP contribution in [0.1, 0.15) is 45.9 Å². The molecule has 0 aliphatic carbocycles. The van der Waals surface area contributed by atoms with Gasteiger partial charge in [0.2, 0.25) is 0 Å². The number of halogens is 1. The molecular weight excluding hydrogens is 315 g/mol. The van der Waals surface area contributed by atoms with Gasteiger partial charge in [-0.15, -0.1) is 0 Å². The fourth-order valence-corrected chi connectivity index (χ4v) is 1.97. The number of aromatic nitrogens is 2. The highest BCUT2D eigenvalue weighted by atomic mass is 127. The molecule has 16 heavy (non-hydrogen) atoms. The molecule has 92 valence electrons. The Morgan fingerprint density at radius 2 is 2.12 bits per heavy atom. The normalized spacial score (nSPS) is 13.4. The van der Waals surface area contributed by atoms with E-state index >= 15 is 0 Å². The highest BCUT2D eigenvalue weighted by Gasteiger charge is 2.12. The highest BCUT2D eigenvalue weighted by molar-refractivity contribution is 14.1. The van der Waals surface area contributed by atoms with E-state index in [2.05, 4.69) is 60.1 Å². The minimum atomic E-state index is 0.446. The minimum absolute atomic E-state index is 0.446. The molecule has 0 unspecified atom stereocenters. The zero-order valence-electron chi connectivity index (χ0n) is 10.5. The zero-order chi connectivity index (χ0) is 12.1. The average molecular weight is 336 g/mol. The van der Waals surface area contributed by atoms with Gasteiger partial charge < -0.3 is 4.74 Å². The van der Waals surface area contributed by atoms with Crippen LogP contribution < -0.4 is 0 Å². The van der Waals surface area contributed by atoms with Crippen LogP contribution in [0.25, 0.3) is 0 Å². The lowest BCUT2D eigenvalue weighted by atomic mass is 10.2. The van der Waals surface area contributed by atoms with E-state index in [-0.39, 0.29) is 0 Å². The molecule has 0 aliphatic heterocycles. The van der Waals surface area contributed by atoms with Crippen molar-refractivity contribution in [3.05, 3.63) is 15.5 Å². The molecule has 0 saturated heterocycles. The summed E-state index contributed by atoms with van der Waals surface area (Å²) in [5.41, 5.74) is 1.20. The third-order valence-electron chi connectivity index (χ3n) is 2.55. The molecule has 0 spiro atoms. The van der Waals surface area contributed by atoms with Crippen LogP contribution in [0.15, 0.2) is 6.20 Å². The Bertz CT molecular complexity index is 323. The summed E-state index contributed by atoms with van der Waals surface area (Å²) in [7, 11) is 0. The third kappa shape index (κ3) is 3.73. The van der Waals surface area contributed by atoms with Gasteiger partial charge in [-0.25, -0.2) is 0 Å². The lowest BCUT2D eigenvalue weighted by Gasteiger charge is -2.14. The molecule has 1 aromatic rings. The molecule has 1 atom stereocenters. The number of nitrogens with zero attached hydrogens (tertiary/aromatic N) is 2. The molecule has 0 saturated carbocycles. The molecule has 3 nitrogen and oxygen atoms in total. The Morgan fingerprint density at radius 3 is 2.69 bits per heavy atom. The summed E-state index contributed by atoms with van der Waals surface area (Å²) in [5.74, 6) is 0.581. The van der Waals surface area contributed by atoms with Crippen molar-refractivity contribution in [2.24, 2.45) is 5.92 Å². The van der Waals surface area contributed by atoms with E-state index < -0.39 is 0 Å². The van der Waals surface area contributed by atoms with Crippen LogP contribution in [0.2, 0.25) is 0 Å². The summed E-state index contributed by atoms with van der Waals surface area (Å²) in [4.78, 5) is 0. The Hall–Kier alpha value is -0.100. The van der Waals surface area contributed by atoms with Crippen molar-refractivity contribution >= 4 is 22.6 Å². The Morgan fingerprint density at radius 1 is 1.44 bits per heavy atom. The largest absolute Gasteiger partial charge is 0.375 e. The Labute approximate surface area is 112 Å². The van der Waals surface area contributed by atoms with Crippen molar-refractivity contribution in [1.29, 1.82) is 0 Å². The van der Waals surface area contributed by atoms with E-state index in [4.69, 9.17) is 4.74 Å². The van der Waals surface area contributed by atoms with Crippen molar-refractivity contribution in [3.8, 4) is 0 Å². The number of rotatable bonds is 6. The van der Waals surface area contributed by atoms with Crippen LogP contribution >= 0.6 is 22.6 Å². The quantitative estimate of drug-likeness (QED) is 0.742. The van der Waals surface area contributed by atoms with Gasteiger partial charge >= 0.3 is 0 Å². The van der Waals surface area contributed by atoms with Crippen LogP contribution in [0, 0.1) is 9.49 Å². The lowest BCUT2D eigenvalue weighted by molar-refractivity contribution is 0.0904. The molecule has 0 fully saturated rings. The van der Waals surface area contributed by atoms with Gasteiger partial charge in [0.1, 0.15) is 0 Å². The van der Waals surface area contributed by atoms with Gasteiger partial charge in [0.25, 0.3) is 0 Å². The van der Waals surface area contributed by atoms with Crippen molar-refractivity contribution in [1.82, 2.24) is 9.78 Å². The maximum absolute atomic E-state index is 5.69. The summed E-state index contributed by atoms with van der Waals surface area (Å²) in [5, 5.41) is 4.41. The summed E-state index contributed by atoms with van der Waals surface area (Å²) >= 11 is 2.32.